The number of ether oxygens (including phenoxy) is 3. The number of esters is 2. The van der Waals surface area contributed by atoms with Gasteiger partial charge in [-0.05, 0) is 83.0 Å². The zero-order chi connectivity index (χ0) is 31.2. The fourth-order valence-electron chi connectivity index (χ4n) is 5.22. The van der Waals surface area contributed by atoms with Crippen LogP contribution in [0.1, 0.15) is 69.3 Å². The molecule has 1 aliphatic carbocycles. The Morgan fingerprint density at radius 2 is 1.61 bits per heavy atom. The van der Waals surface area contributed by atoms with Gasteiger partial charge in [0.15, 0.2) is 0 Å². The number of anilines is 1. The van der Waals surface area contributed by atoms with Crippen molar-refractivity contribution in [3.63, 3.8) is 0 Å². The largest absolute Gasteiger partial charge is 0.497 e. The summed E-state index contributed by atoms with van der Waals surface area (Å²) >= 11 is 3.50. The van der Waals surface area contributed by atoms with Crippen molar-refractivity contribution in [1.29, 1.82) is 0 Å². The van der Waals surface area contributed by atoms with Crippen molar-refractivity contribution in [3.8, 4) is 5.75 Å². The minimum atomic E-state index is -0.365. The normalized spacial score (nSPS) is 13.2. The molecule has 0 radical (unpaired) electrons. The first-order chi connectivity index (χ1) is 20.7. The molecule has 0 heterocycles. The lowest BCUT2D eigenvalue weighted by atomic mass is 9.93. The zero-order valence-corrected chi connectivity index (χ0v) is 27.5. The number of halogens is 1. The Kier molecular flexibility index (Phi) is 16.2. The fourth-order valence-corrected chi connectivity index (χ4v) is 5.72. The van der Waals surface area contributed by atoms with Crippen LogP contribution in [0.2, 0.25) is 0 Å². The van der Waals surface area contributed by atoms with Gasteiger partial charge in [0, 0.05) is 37.1 Å². The summed E-state index contributed by atoms with van der Waals surface area (Å²) in [5.74, 6) is 0.249. The van der Waals surface area contributed by atoms with Crippen molar-refractivity contribution in [3.05, 3.63) is 70.2 Å². The second-order valence-electron chi connectivity index (χ2n) is 10.9. The van der Waals surface area contributed by atoms with Crippen LogP contribution >= 0.6 is 15.9 Å². The van der Waals surface area contributed by atoms with E-state index >= 15 is 0 Å². The van der Waals surface area contributed by atoms with E-state index in [9.17, 15) is 9.59 Å². The average molecular weight is 673 g/mol. The third kappa shape index (κ3) is 11.7. The summed E-state index contributed by atoms with van der Waals surface area (Å²) < 4.78 is 16.2. The van der Waals surface area contributed by atoms with Crippen molar-refractivity contribution in [2.75, 3.05) is 52.7 Å². The number of carbonyl (C=O) groups is 2. The van der Waals surface area contributed by atoms with Crippen LogP contribution in [-0.4, -0.2) is 74.8 Å². The van der Waals surface area contributed by atoms with Gasteiger partial charge in [0.1, 0.15) is 19.0 Å². The number of hydrogen-bond acceptors (Lipinski definition) is 8. The zero-order valence-electron chi connectivity index (χ0n) is 25.9. The van der Waals surface area contributed by atoms with Crippen LogP contribution in [0, 0.1) is 0 Å². The number of benzene rings is 3. The van der Waals surface area contributed by atoms with Gasteiger partial charge in [-0.2, -0.15) is 0 Å². The number of nitrogens with zero attached hydrogens (tertiary/aromatic N) is 2. The van der Waals surface area contributed by atoms with Crippen molar-refractivity contribution in [1.82, 2.24) is 9.80 Å². The van der Waals surface area contributed by atoms with E-state index in [1.54, 1.807) is 13.2 Å². The maximum absolute atomic E-state index is 12.6. The van der Waals surface area contributed by atoms with Gasteiger partial charge in [-0.1, -0.05) is 63.9 Å². The van der Waals surface area contributed by atoms with E-state index in [0.29, 0.717) is 37.0 Å². The van der Waals surface area contributed by atoms with Crippen molar-refractivity contribution < 1.29 is 23.8 Å². The Morgan fingerprint density at radius 1 is 0.955 bits per heavy atom. The molecule has 0 aromatic heterocycles. The Bertz CT molecular complexity index is 1330. The molecular formula is C35H50BrN3O5. The minimum Gasteiger partial charge on any atom is -0.497 e. The molecule has 0 spiro atoms. The summed E-state index contributed by atoms with van der Waals surface area (Å²) in [7, 11) is 3.57. The van der Waals surface area contributed by atoms with Crippen molar-refractivity contribution >= 4 is 44.3 Å². The lowest BCUT2D eigenvalue weighted by molar-refractivity contribution is -0.141. The van der Waals surface area contributed by atoms with Crippen LogP contribution in [0.3, 0.4) is 0 Å². The van der Waals surface area contributed by atoms with Crippen LogP contribution in [0.25, 0.3) is 10.8 Å². The number of nitrogens with two attached hydrogens (primary N) is 1. The summed E-state index contributed by atoms with van der Waals surface area (Å²) in [6, 6.07) is 18.5. The van der Waals surface area contributed by atoms with Gasteiger partial charge in [0.2, 0.25) is 0 Å². The maximum Gasteiger partial charge on any atom is 0.338 e. The van der Waals surface area contributed by atoms with Crippen molar-refractivity contribution in [2.24, 2.45) is 0 Å². The molecule has 1 fully saturated rings. The molecule has 242 valence electrons. The predicted octanol–water partition coefficient (Wildman–Crippen LogP) is 7.32. The molecule has 9 heteroatoms. The van der Waals surface area contributed by atoms with E-state index in [1.807, 2.05) is 42.3 Å². The molecule has 0 atom stereocenters. The monoisotopic (exact) mass is 671 g/mol. The molecule has 0 saturated heterocycles. The highest BCUT2D eigenvalue weighted by Gasteiger charge is 2.22. The highest BCUT2D eigenvalue weighted by atomic mass is 79.9. The third-order valence-corrected chi connectivity index (χ3v) is 8.42. The van der Waals surface area contributed by atoms with Gasteiger partial charge in [-0.3, -0.25) is 14.6 Å². The minimum absolute atomic E-state index is 0. The van der Waals surface area contributed by atoms with Gasteiger partial charge in [-0.25, -0.2) is 4.79 Å². The molecule has 1 aliphatic rings. The predicted molar refractivity (Wildman–Crippen MR) is 183 cm³/mol. The molecule has 44 heavy (non-hydrogen) atoms. The van der Waals surface area contributed by atoms with Gasteiger partial charge in [0.25, 0.3) is 0 Å². The summed E-state index contributed by atoms with van der Waals surface area (Å²) in [4.78, 5) is 27.8. The maximum atomic E-state index is 12.6. The Morgan fingerprint density at radius 3 is 2.25 bits per heavy atom. The van der Waals surface area contributed by atoms with Crippen molar-refractivity contribution in [2.45, 2.75) is 66.0 Å². The molecule has 1 saturated carbocycles. The summed E-state index contributed by atoms with van der Waals surface area (Å²) in [6.07, 6.45) is 6.33. The van der Waals surface area contributed by atoms with Crippen LogP contribution in [0.15, 0.2) is 59.1 Å². The molecule has 4 rings (SSSR count). The molecule has 2 N–H and O–H groups in total. The molecule has 0 unspecified atom stereocenters. The van der Waals surface area contributed by atoms with E-state index < -0.39 is 0 Å². The number of rotatable bonds is 12. The lowest BCUT2D eigenvalue weighted by Crippen LogP contribution is -2.36. The second kappa shape index (κ2) is 19.3. The van der Waals surface area contributed by atoms with E-state index in [-0.39, 0.29) is 26.0 Å². The summed E-state index contributed by atoms with van der Waals surface area (Å²) in [5, 5.41) is 2.47. The standard InChI is InChI=1S/C23H36BrN3O4.C11H10O.CH4/c1-4-27(20-8-6-5-7-9-20)16-19-14-18(15-21(24)22(19)25)23(29)31-13-11-26(3)10-12-30-17(2)28;1-12-11-7-6-9-4-2-3-5-10(9)8-11;/h14-15,20H,4-13,16,25H2,1-3H3;2-8H,1H3;1H4. The van der Waals surface area contributed by atoms with E-state index in [4.69, 9.17) is 19.9 Å². The first-order valence-electron chi connectivity index (χ1n) is 15.1. The molecule has 0 aliphatic heterocycles. The van der Waals surface area contributed by atoms with Gasteiger partial charge in [-0.15, -0.1) is 0 Å². The molecule has 0 bridgehead atoms. The second-order valence-corrected chi connectivity index (χ2v) is 11.7. The molecule has 3 aromatic rings. The fraction of sp³-hybridized carbons (Fsp3) is 0.486. The van der Waals surface area contributed by atoms with E-state index in [2.05, 4.69) is 46.0 Å². The number of carbonyl (C=O) groups excluding carboxylic acids is 2. The molecule has 3 aromatic carbocycles. The van der Waals surface area contributed by atoms with Gasteiger partial charge >= 0.3 is 11.9 Å². The van der Waals surface area contributed by atoms with Crippen LogP contribution < -0.4 is 10.5 Å². The Labute approximate surface area is 272 Å². The Balaban J connectivity index is 0.000000430. The van der Waals surface area contributed by atoms with Gasteiger partial charge < -0.3 is 19.9 Å². The molecule has 8 nitrogen and oxygen atoms in total. The number of likely N-dealkylation sites (N-methyl/N-ethyl adjacent to an activating group) is 1. The smallest absolute Gasteiger partial charge is 0.338 e. The first kappa shape index (κ1) is 37.0. The van der Waals surface area contributed by atoms with Crippen LogP contribution in [-0.2, 0) is 20.8 Å². The first-order valence-corrected chi connectivity index (χ1v) is 15.8. The SMILES string of the molecule is C.CCN(Cc1cc(C(=O)OCCN(C)CCOC(C)=O)cc(Br)c1N)C1CCCCC1.COc1ccc2ccccc2c1. The highest BCUT2D eigenvalue weighted by Crippen LogP contribution is 2.30. The number of fused-ring (bicyclic) bond motifs is 1. The van der Waals surface area contributed by atoms with Crippen LogP contribution in [0.4, 0.5) is 5.69 Å². The summed E-state index contributed by atoms with van der Waals surface area (Å²) in [6.45, 7) is 6.97. The molecule has 0 amide bonds. The number of nitrogen functional groups attached to an aromatic ring is 1. The van der Waals surface area contributed by atoms with Gasteiger partial charge in [0.05, 0.1) is 18.4 Å². The summed E-state index contributed by atoms with van der Waals surface area (Å²) in [5.41, 5.74) is 8.45. The lowest BCUT2D eigenvalue weighted by Gasteiger charge is -2.34. The van der Waals surface area contributed by atoms with Crippen LogP contribution in [0.5, 0.6) is 5.75 Å². The average Bonchev–Trinajstić information content (AvgIpc) is 3.01. The number of methoxy groups -OCH3 is 1. The topological polar surface area (TPSA) is 94.3 Å². The highest BCUT2D eigenvalue weighted by molar-refractivity contribution is 9.10. The van der Waals surface area contributed by atoms with E-state index in [0.717, 1.165) is 28.9 Å². The quantitative estimate of drug-likeness (QED) is 0.158. The Hall–Kier alpha value is -3.14. The number of hydrogen-bond donors (Lipinski definition) is 1. The molecular weight excluding hydrogens is 622 g/mol. The third-order valence-electron chi connectivity index (χ3n) is 7.76. The van der Waals surface area contributed by atoms with E-state index in [1.165, 1.54) is 49.8 Å².